The molecular weight excluding hydrogens is 398 g/mol. The predicted octanol–water partition coefficient (Wildman–Crippen LogP) is 3.50. The minimum Gasteiger partial charge on any atom is -0.508 e. The van der Waals surface area contributed by atoms with Crippen LogP contribution < -0.4 is 10.6 Å². The van der Waals surface area contributed by atoms with E-state index in [-0.39, 0.29) is 17.7 Å². The molecule has 2 atom stereocenters. The summed E-state index contributed by atoms with van der Waals surface area (Å²) >= 11 is 0. The fourth-order valence-corrected chi connectivity index (χ4v) is 2.98. The first-order valence-electron chi connectivity index (χ1n) is 10.4. The molecule has 3 N–H and O–H groups in total. The molecule has 8 heteroatoms. The highest BCUT2D eigenvalue weighted by molar-refractivity contribution is 5.92. The molecule has 1 rings (SSSR count). The summed E-state index contributed by atoms with van der Waals surface area (Å²) in [5.74, 6) is -0.728. The maximum atomic E-state index is 13.4. The van der Waals surface area contributed by atoms with Gasteiger partial charge in [-0.3, -0.25) is 9.59 Å². The van der Waals surface area contributed by atoms with Crippen LogP contribution in [-0.2, 0) is 14.3 Å². The molecule has 2 unspecified atom stereocenters. The molecule has 0 bridgehead atoms. The van der Waals surface area contributed by atoms with Crippen molar-refractivity contribution in [1.29, 1.82) is 0 Å². The minimum atomic E-state index is -0.949. The number of ether oxygens (including phenoxy) is 1. The van der Waals surface area contributed by atoms with Gasteiger partial charge in [0.15, 0.2) is 0 Å². The number of carbonyl (C=O) groups excluding carboxylic acids is 3. The van der Waals surface area contributed by atoms with E-state index < -0.39 is 35.2 Å². The van der Waals surface area contributed by atoms with Gasteiger partial charge in [0.2, 0.25) is 11.8 Å². The van der Waals surface area contributed by atoms with Crippen molar-refractivity contribution in [1.82, 2.24) is 15.5 Å². The van der Waals surface area contributed by atoms with E-state index in [0.29, 0.717) is 5.56 Å². The molecule has 0 fully saturated rings. The summed E-state index contributed by atoms with van der Waals surface area (Å²) in [6, 6.07) is 3.94. The molecular formula is C23H37N3O5. The highest BCUT2D eigenvalue weighted by Crippen LogP contribution is 2.27. The second kappa shape index (κ2) is 10.0. The summed E-state index contributed by atoms with van der Waals surface area (Å²) in [6.45, 7) is 15.9. The molecule has 31 heavy (non-hydrogen) atoms. The SMILES string of the molecule is CC(NC(=O)OC(C)(C)C)C(=O)N(C(C)C)C(C(=O)NC(C)(C)C)c1ccc(O)cc1. The highest BCUT2D eigenvalue weighted by Gasteiger charge is 2.37. The van der Waals surface area contributed by atoms with Crippen LogP contribution >= 0.6 is 0 Å². The first-order chi connectivity index (χ1) is 14.0. The summed E-state index contributed by atoms with van der Waals surface area (Å²) in [5, 5.41) is 15.1. The number of amides is 3. The van der Waals surface area contributed by atoms with Gasteiger partial charge in [0, 0.05) is 11.6 Å². The fourth-order valence-electron chi connectivity index (χ4n) is 2.98. The van der Waals surface area contributed by atoms with Crippen molar-refractivity contribution >= 4 is 17.9 Å². The Hall–Kier alpha value is -2.77. The Morgan fingerprint density at radius 1 is 0.968 bits per heavy atom. The highest BCUT2D eigenvalue weighted by atomic mass is 16.6. The molecule has 8 nitrogen and oxygen atoms in total. The van der Waals surface area contributed by atoms with E-state index in [0.717, 1.165) is 0 Å². The molecule has 0 aliphatic carbocycles. The van der Waals surface area contributed by atoms with Crippen LogP contribution in [0.25, 0.3) is 0 Å². The zero-order valence-corrected chi connectivity index (χ0v) is 20.1. The normalized spacial score (nSPS) is 13.9. The lowest BCUT2D eigenvalue weighted by molar-refractivity contribution is -0.144. The summed E-state index contributed by atoms with van der Waals surface area (Å²) in [6.07, 6.45) is -0.711. The van der Waals surface area contributed by atoms with E-state index >= 15 is 0 Å². The quantitative estimate of drug-likeness (QED) is 0.634. The number of nitrogens with one attached hydrogen (secondary N) is 2. The maximum absolute atomic E-state index is 13.4. The van der Waals surface area contributed by atoms with Gasteiger partial charge in [-0.1, -0.05) is 12.1 Å². The van der Waals surface area contributed by atoms with E-state index in [1.807, 2.05) is 20.8 Å². The molecule has 174 valence electrons. The number of rotatable bonds is 6. The Morgan fingerprint density at radius 3 is 1.90 bits per heavy atom. The molecule has 3 amide bonds. The molecule has 0 saturated heterocycles. The monoisotopic (exact) mass is 435 g/mol. The average Bonchev–Trinajstić information content (AvgIpc) is 2.56. The lowest BCUT2D eigenvalue weighted by atomic mass is 9.99. The number of phenolic OH excluding ortho intramolecular Hbond substituents is 1. The van der Waals surface area contributed by atoms with Gasteiger partial charge in [-0.2, -0.15) is 0 Å². The van der Waals surface area contributed by atoms with Crippen LogP contribution in [-0.4, -0.2) is 51.1 Å². The van der Waals surface area contributed by atoms with E-state index in [9.17, 15) is 19.5 Å². The van der Waals surface area contributed by atoms with Crippen LogP contribution in [0.5, 0.6) is 5.75 Å². The molecule has 1 aromatic carbocycles. The van der Waals surface area contributed by atoms with Gasteiger partial charge >= 0.3 is 6.09 Å². The zero-order valence-electron chi connectivity index (χ0n) is 20.1. The number of alkyl carbamates (subject to hydrolysis) is 1. The standard InChI is InChI=1S/C23H37N3O5/c1-14(2)26(20(29)15(3)24-21(30)31-23(7,8)9)18(19(28)25-22(4,5)6)16-10-12-17(27)13-11-16/h10-15,18,27H,1-9H3,(H,24,30)(H,25,28). The molecule has 0 spiro atoms. The predicted molar refractivity (Wildman–Crippen MR) is 120 cm³/mol. The van der Waals surface area contributed by atoms with E-state index in [1.54, 1.807) is 53.7 Å². The van der Waals surface area contributed by atoms with Crippen LogP contribution in [0.4, 0.5) is 4.79 Å². The number of phenols is 1. The van der Waals surface area contributed by atoms with Crippen molar-refractivity contribution in [2.24, 2.45) is 0 Å². The van der Waals surface area contributed by atoms with Gasteiger partial charge in [0.05, 0.1) is 0 Å². The fraction of sp³-hybridized carbons (Fsp3) is 0.609. The van der Waals surface area contributed by atoms with Crippen LogP contribution in [0.3, 0.4) is 0 Å². The number of hydrogen-bond donors (Lipinski definition) is 3. The third-order valence-corrected chi connectivity index (χ3v) is 4.15. The van der Waals surface area contributed by atoms with Gasteiger partial charge in [-0.05, 0) is 80.0 Å². The zero-order chi connectivity index (χ0) is 24.1. The summed E-state index contributed by atoms with van der Waals surface area (Å²) < 4.78 is 5.24. The van der Waals surface area contributed by atoms with Gasteiger partial charge in [0.1, 0.15) is 23.4 Å². The first kappa shape index (κ1) is 26.3. The Bertz CT molecular complexity index is 776. The van der Waals surface area contributed by atoms with Gasteiger partial charge in [-0.15, -0.1) is 0 Å². The van der Waals surface area contributed by atoms with Crippen LogP contribution in [0.15, 0.2) is 24.3 Å². The van der Waals surface area contributed by atoms with Crippen LogP contribution in [0.1, 0.15) is 73.9 Å². The first-order valence-corrected chi connectivity index (χ1v) is 10.4. The van der Waals surface area contributed by atoms with Crippen molar-refractivity contribution in [2.75, 3.05) is 0 Å². The van der Waals surface area contributed by atoms with Gasteiger partial charge in [-0.25, -0.2) is 4.79 Å². The maximum Gasteiger partial charge on any atom is 0.408 e. The Balaban J connectivity index is 3.29. The molecule has 0 aliphatic rings. The van der Waals surface area contributed by atoms with E-state index in [2.05, 4.69) is 10.6 Å². The molecule has 0 radical (unpaired) electrons. The molecule has 1 aromatic rings. The topological polar surface area (TPSA) is 108 Å². The second-order valence-electron chi connectivity index (χ2n) is 9.94. The number of nitrogens with zero attached hydrogens (tertiary/aromatic N) is 1. The Labute approximate surface area is 185 Å². The molecule has 0 aromatic heterocycles. The number of benzene rings is 1. The minimum absolute atomic E-state index is 0.0566. The van der Waals surface area contributed by atoms with Crippen molar-refractivity contribution in [3.63, 3.8) is 0 Å². The summed E-state index contributed by atoms with van der Waals surface area (Å²) in [7, 11) is 0. The van der Waals surface area contributed by atoms with Crippen molar-refractivity contribution in [3.8, 4) is 5.75 Å². The van der Waals surface area contributed by atoms with Gasteiger partial charge < -0.3 is 25.4 Å². The summed E-state index contributed by atoms with van der Waals surface area (Å²) in [4.78, 5) is 40.2. The smallest absolute Gasteiger partial charge is 0.408 e. The lowest BCUT2D eigenvalue weighted by Crippen LogP contribution is -2.55. The number of aromatic hydroxyl groups is 1. The largest absolute Gasteiger partial charge is 0.508 e. The second-order valence-corrected chi connectivity index (χ2v) is 9.94. The van der Waals surface area contributed by atoms with Crippen molar-refractivity contribution in [3.05, 3.63) is 29.8 Å². The van der Waals surface area contributed by atoms with Crippen LogP contribution in [0.2, 0.25) is 0 Å². The van der Waals surface area contributed by atoms with Gasteiger partial charge in [0.25, 0.3) is 0 Å². The molecule has 0 saturated carbocycles. The number of carbonyl (C=O) groups is 3. The third kappa shape index (κ3) is 8.47. The lowest BCUT2D eigenvalue weighted by Gasteiger charge is -2.37. The molecule has 0 aliphatic heterocycles. The van der Waals surface area contributed by atoms with Crippen LogP contribution in [0, 0.1) is 0 Å². The summed E-state index contributed by atoms with van der Waals surface area (Å²) in [5.41, 5.74) is -0.671. The van der Waals surface area contributed by atoms with Crippen molar-refractivity contribution < 1.29 is 24.2 Å². The van der Waals surface area contributed by atoms with E-state index in [1.165, 1.54) is 17.0 Å². The average molecular weight is 436 g/mol. The number of hydrogen-bond acceptors (Lipinski definition) is 5. The molecule has 0 heterocycles. The Morgan fingerprint density at radius 2 is 1.48 bits per heavy atom. The third-order valence-electron chi connectivity index (χ3n) is 4.15. The Kier molecular flexibility index (Phi) is 8.49. The van der Waals surface area contributed by atoms with E-state index in [4.69, 9.17) is 4.74 Å². The van der Waals surface area contributed by atoms with Crippen molar-refractivity contribution in [2.45, 2.75) is 91.6 Å².